The van der Waals surface area contributed by atoms with Crippen LogP contribution in [0.1, 0.15) is 22.3 Å². The summed E-state index contributed by atoms with van der Waals surface area (Å²) in [4.78, 5) is 28.3. The Bertz CT molecular complexity index is 1230. The third-order valence-corrected chi connectivity index (χ3v) is 5.91. The number of nitrogens with one attached hydrogen (secondary N) is 1. The summed E-state index contributed by atoms with van der Waals surface area (Å²) in [6, 6.07) is 20.3. The van der Waals surface area contributed by atoms with Crippen molar-refractivity contribution in [1.29, 1.82) is 0 Å². The number of ether oxygens (including phenoxy) is 2. The van der Waals surface area contributed by atoms with Gasteiger partial charge in [-0.3, -0.25) is 14.5 Å². The minimum absolute atomic E-state index is 0.166. The minimum Gasteiger partial charge on any atom is -0.497 e. The second-order valence-electron chi connectivity index (χ2n) is 7.90. The Morgan fingerprint density at radius 3 is 2.00 bits per heavy atom. The monoisotopic (exact) mass is 442 g/mol. The Morgan fingerprint density at radius 2 is 1.39 bits per heavy atom. The van der Waals surface area contributed by atoms with Crippen molar-refractivity contribution in [1.82, 2.24) is 4.90 Å². The van der Waals surface area contributed by atoms with Crippen LogP contribution < -0.4 is 14.8 Å². The van der Waals surface area contributed by atoms with Crippen LogP contribution in [0.2, 0.25) is 0 Å². The third kappa shape index (κ3) is 4.32. The molecule has 0 spiro atoms. The average molecular weight is 443 g/mol. The van der Waals surface area contributed by atoms with Crippen molar-refractivity contribution in [2.75, 3.05) is 19.5 Å². The number of hydrogen-bond donors (Lipinski definition) is 1. The molecule has 2 amide bonds. The highest BCUT2D eigenvalue weighted by atomic mass is 16.5. The summed E-state index contributed by atoms with van der Waals surface area (Å²) in [6.07, 6.45) is 0. The predicted octanol–water partition coefficient (Wildman–Crippen LogP) is 4.71. The van der Waals surface area contributed by atoms with Gasteiger partial charge in [-0.15, -0.1) is 0 Å². The van der Waals surface area contributed by atoms with E-state index < -0.39 is 0 Å². The van der Waals surface area contributed by atoms with Crippen molar-refractivity contribution < 1.29 is 19.1 Å². The third-order valence-electron chi connectivity index (χ3n) is 5.91. The molecule has 0 saturated carbocycles. The van der Waals surface area contributed by atoms with Crippen molar-refractivity contribution in [3.8, 4) is 11.5 Å². The van der Waals surface area contributed by atoms with Gasteiger partial charge in [-0.05, 0) is 66.4 Å². The van der Waals surface area contributed by atoms with E-state index in [1.807, 2.05) is 56.3 Å². The molecule has 3 aromatic carbocycles. The number of anilines is 1. The highest BCUT2D eigenvalue weighted by Crippen LogP contribution is 2.33. The SMILES string of the molecule is COc1ccc(CN2C(=O)C(Nc3cccc(C)c3C)=C(c3ccc(OC)cc3)C2=O)cc1. The van der Waals surface area contributed by atoms with E-state index in [0.717, 1.165) is 22.4 Å². The lowest BCUT2D eigenvalue weighted by Gasteiger charge is -2.16. The molecule has 1 heterocycles. The lowest BCUT2D eigenvalue weighted by atomic mass is 10.0. The molecule has 0 aliphatic carbocycles. The molecule has 1 aliphatic rings. The van der Waals surface area contributed by atoms with E-state index in [1.165, 1.54) is 4.90 Å². The van der Waals surface area contributed by atoms with Gasteiger partial charge in [0, 0.05) is 5.69 Å². The molecule has 6 nitrogen and oxygen atoms in total. The number of rotatable bonds is 7. The molecule has 0 bridgehead atoms. The number of aryl methyl sites for hydroxylation is 1. The Morgan fingerprint density at radius 1 is 0.788 bits per heavy atom. The van der Waals surface area contributed by atoms with Crippen LogP contribution in [0.15, 0.2) is 72.4 Å². The predicted molar refractivity (Wildman–Crippen MR) is 128 cm³/mol. The van der Waals surface area contributed by atoms with E-state index in [-0.39, 0.29) is 24.1 Å². The Kier molecular flexibility index (Phi) is 6.18. The zero-order valence-electron chi connectivity index (χ0n) is 19.1. The summed E-state index contributed by atoms with van der Waals surface area (Å²) in [5.41, 5.74) is 5.01. The van der Waals surface area contributed by atoms with E-state index in [9.17, 15) is 9.59 Å². The van der Waals surface area contributed by atoms with Crippen LogP contribution in [0.5, 0.6) is 11.5 Å². The molecule has 168 valence electrons. The molecule has 1 aliphatic heterocycles. The van der Waals surface area contributed by atoms with Gasteiger partial charge in [0.25, 0.3) is 11.8 Å². The summed E-state index contributed by atoms with van der Waals surface area (Å²) >= 11 is 0. The van der Waals surface area contributed by atoms with Crippen molar-refractivity contribution in [3.05, 3.63) is 94.7 Å². The van der Waals surface area contributed by atoms with E-state index in [4.69, 9.17) is 9.47 Å². The lowest BCUT2D eigenvalue weighted by Crippen LogP contribution is -2.32. The number of carbonyl (C=O) groups is 2. The molecular weight excluding hydrogens is 416 g/mol. The van der Waals surface area contributed by atoms with Gasteiger partial charge in [0.15, 0.2) is 0 Å². The van der Waals surface area contributed by atoms with E-state index in [1.54, 1.807) is 38.5 Å². The first kappa shape index (κ1) is 22.1. The summed E-state index contributed by atoms with van der Waals surface area (Å²) < 4.78 is 10.4. The van der Waals surface area contributed by atoms with Crippen LogP contribution >= 0.6 is 0 Å². The number of nitrogens with zero attached hydrogens (tertiary/aromatic N) is 1. The van der Waals surface area contributed by atoms with Crippen LogP contribution in [0.25, 0.3) is 5.57 Å². The molecule has 4 rings (SSSR count). The van der Waals surface area contributed by atoms with Crippen molar-refractivity contribution in [2.45, 2.75) is 20.4 Å². The van der Waals surface area contributed by atoms with Crippen molar-refractivity contribution in [3.63, 3.8) is 0 Å². The zero-order valence-corrected chi connectivity index (χ0v) is 19.1. The summed E-state index contributed by atoms with van der Waals surface area (Å²) in [5.74, 6) is 0.693. The number of amides is 2. The molecule has 0 fully saturated rings. The Balaban J connectivity index is 1.73. The van der Waals surface area contributed by atoms with E-state index >= 15 is 0 Å². The summed E-state index contributed by atoms with van der Waals surface area (Å²) in [5, 5.41) is 3.26. The maximum Gasteiger partial charge on any atom is 0.278 e. The normalized spacial score (nSPS) is 13.5. The molecule has 33 heavy (non-hydrogen) atoms. The topological polar surface area (TPSA) is 67.9 Å². The molecule has 0 saturated heterocycles. The van der Waals surface area contributed by atoms with Gasteiger partial charge in [-0.1, -0.05) is 36.4 Å². The van der Waals surface area contributed by atoms with Crippen molar-refractivity contribution in [2.24, 2.45) is 0 Å². The first-order chi connectivity index (χ1) is 15.9. The van der Waals surface area contributed by atoms with Crippen LogP contribution in [0, 0.1) is 13.8 Å². The van der Waals surface area contributed by atoms with E-state index in [2.05, 4.69) is 5.32 Å². The van der Waals surface area contributed by atoms with Gasteiger partial charge in [0.1, 0.15) is 17.2 Å². The molecule has 0 atom stereocenters. The Hall–Kier alpha value is -4.06. The van der Waals surface area contributed by atoms with Crippen LogP contribution in [-0.4, -0.2) is 30.9 Å². The first-order valence-electron chi connectivity index (χ1n) is 10.6. The van der Waals surface area contributed by atoms with Gasteiger partial charge in [0.2, 0.25) is 0 Å². The zero-order chi connectivity index (χ0) is 23.5. The smallest absolute Gasteiger partial charge is 0.278 e. The van der Waals surface area contributed by atoms with Crippen LogP contribution in [0.4, 0.5) is 5.69 Å². The quantitative estimate of drug-likeness (QED) is 0.537. The van der Waals surface area contributed by atoms with Crippen LogP contribution in [0.3, 0.4) is 0 Å². The molecule has 0 aromatic heterocycles. The molecule has 0 radical (unpaired) electrons. The molecule has 3 aromatic rings. The standard InChI is InChI=1S/C27H26N2O4/c1-17-6-5-7-23(18(17)2)28-25-24(20-10-14-22(33-4)15-11-20)26(30)29(27(25)31)16-19-8-12-21(32-3)13-9-19/h5-15,28H,16H2,1-4H3. The maximum absolute atomic E-state index is 13.5. The fraction of sp³-hybridized carbons (Fsp3) is 0.185. The van der Waals surface area contributed by atoms with Crippen molar-refractivity contribution >= 4 is 23.1 Å². The number of carbonyl (C=O) groups excluding carboxylic acids is 2. The van der Waals surface area contributed by atoms with Gasteiger partial charge >= 0.3 is 0 Å². The number of imide groups is 1. The molecular formula is C27H26N2O4. The second-order valence-corrected chi connectivity index (χ2v) is 7.90. The van der Waals surface area contributed by atoms with Gasteiger partial charge in [-0.2, -0.15) is 0 Å². The van der Waals surface area contributed by atoms with E-state index in [0.29, 0.717) is 22.6 Å². The van der Waals surface area contributed by atoms with Gasteiger partial charge < -0.3 is 14.8 Å². The van der Waals surface area contributed by atoms with Crippen LogP contribution in [-0.2, 0) is 16.1 Å². The highest BCUT2D eigenvalue weighted by Gasteiger charge is 2.39. The lowest BCUT2D eigenvalue weighted by molar-refractivity contribution is -0.137. The molecule has 1 N–H and O–H groups in total. The first-order valence-corrected chi connectivity index (χ1v) is 10.6. The molecule has 6 heteroatoms. The average Bonchev–Trinajstić information content (AvgIpc) is 3.06. The minimum atomic E-state index is -0.359. The second kappa shape index (κ2) is 9.20. The fourth-order valence-corrected chi connectivity index (χ4v) is 3.80. The molecule has 0 unspecified atom stereocenters. The maximum atomic E-state index is 13.5. The highest BCUT2D eigenvalue weighted by molar-refractivity contribution is 6.36. The fourth-order valence-electron chi connectivity index (χ4n) is 3.80. The van der Waals surface area contributed by atoms with Gasteiger partial charge in [-0.25, -0.2) is 0 Å². The van der Waals surface area contributed by atoms with Gasteiger partial charge in [0.05, 0.1) is 26.3 Å². The summed E-state index contributed by atoms with van der Waals surface area (Å²) in [7, 11) is 3.18. The number of methoxy groups -OCH3 is 2. The summed E-state index contributed by atoms with van der Waals surface area (Å²) in [6.45, 7) is 4.16. The largest absolute Gasteiger partial charge is 0.497 e. The number of hydrogen-bond acceptors (Lipinski definition) is 5. The Labute approximate surface area is 193 Å². The number of benzene rings is 3.